The fourth-order valence-electron chi connectivity index (χ4n) is 3.12. The first kappa shape index (κ1) is 14.1. The second-order valence-corrected chi connectivity index (χ2v) is 5.58. The zero-order valence-electron chi connectivity index (χ0n) is 11.8. The molecule has 1 aromatic rings. The number of benzene rings is 1. The molecule has 0 bridgehead atoms. The Morgan fingerprint density at radius 1 is 1.32 bits per heavy atom. The lowest BCUT2D eigenvalue weighted by atomic mass is 9.86. The second-order valence-electron chi connectivity index (χ2n) is 5.58. The molecular formula is C16H23NO2. The summed E-state index contributed by atoms with van der Waals surface area (Å²) in [7, 11) is 1.91. The molecule has 2 rings (SSSR count). The van der Waals surface area contributed by atoms with E-state index in [0.29, 0.717) is 0 Å². The smallest absolute Gasteiger partial charge is 0.303 e. The SMILES string of the molecule is CNC(c1ccc2c(c1)CCCC2)C(C)CC(=O)O. The average molecular weight is 261 g/mol. The number of hydrogen-bond acceptors (Lipinski definition) is 2. The van der Waals surface area contributed by atoms with Crippen molar-refractivity contribution in [3.63, 3.8) is 0 Å². The summed E-state index contributed by atoms with van der Waals surface area (Å²) in [4.78, 5) is 10.9. The maximum atomic E-state index is 10.9. The van der Waals surface area contributed by atoms with Gasteiger partial charge in [-0.1, -0.05) is 25.1 Å². The predicted molar refractivity (Wildman–Crippen MR) is 76.3 cm³/mol. The summed E-state index contributed by atoms with van der Waals surface area (Å²) in [5, 5.41) is 12.2. The minimum Gasteiger partial charge on any atom is -0.481 e. The van der Waals surface area contributed by atoms with E-state index in [-0.39, 0.29) is 18.4 Å². The lowest BCUT2D eigenvalue weighted by Gasteiger charge is -2.25. The molecule has 0 saturated heterocycles. The van der Waals surface area contributed by atoms with E-state index in [1.54, 1.807) is 0 Å². The second kappa shape index (κ2) is 6.20. The molecule has 0 fully saturated rings. The normalized spacial score (nSPS) is 17.6. The lowest BCUT2D eigenvalue weighted by molar-refractivity contribution is -0.138. The van der Waals surface area contributed by atoms with Crippen molar-refractivity contribution in [3.05, 3.63) is 34.9 Å². The third-order valence-electron chi connectivity index (χ3n) is 4.11. The largest absolute Gasteiger partial charge is 0.481 e. The maximum Gasteiger partial charge on any atom is 0.303 e. The molecule has 0 aromatic heterocycles. The molecule has 1 aliphatic carbocycles. The Kier molecular flexibility index (Phi) is 4.59. The molecule has 2 N–H and O–H groups in total. The molecule has 3 nitrogen and oxygen atoms in total. The minimum atomic E-state index is -0.731. The average Bonchev–Trinajstić information content (AvgIpc) is 2.38. The number of hydrogen-bond donors (Lipinski definition) is 2. The molecule has 1 aliphatic rings. The minimum absolute atomic E-state index is 0.0872. The number of aryl methyl sites for hydroxylation is 2. The van der Waals surface area contributed by atoms with Gasteiger partial charge in [0.15, 0.2) is 0 Å². The number of aliphatic carboxylic acids is 1. The van der Waals surface area contributed by atoms with Gasteiger partial charge in [-0.25, -0.2) is 0 Å². The summed E-state index contributed by atoms with van der Waals surface area (Å²) in [5.74, 6) is -0.644. The predicted octanol–water partition coefficient (Wildman–Crippen LogP) is 2.94. The summed E-state index contributed by atoms with van der Waals surface area (Å²) in [5.41, 5.74) is 4.14. The molecule has 0 saturated carbocycles. The van der Waals surface area contributed by atoms with Gasteiger partial charge in [-0.05, 0) is 55.3 Å². The van der Waals surface area contributed by atoms with Gasteiger partial charge < -0.3 is 10.4 Å². The highest BCUT2D eigenvalue weighted by molar-refractivity contribution is 5.67. The molecule has 0 spiro atoms. The summed E-state index contributed by atoms with van der Waals surface area (Å²) < 4.78 is 0. The first-order valence-corrected chi connectivity index (χ1v) is 7.12. The summed E-state index contributed by atoms with van der Waals surface area (Å²) >= 11 is 0. The first-order chi connectivity index (χ1) is 9.11. The van der Waals surface area contributed by atoms with Crippen molar-refractivity contribution in [2.75, 3.05) is 7.05 Å². The molecule has 0 heterocycles. The van der Waals surface area contributed by atoms with Crippen molar-refractivity contribution >= 4 is 5.97 Å². The summed E-state index contributed by atoms with van der Waals surface area (Å²) in [6.45, 7) is 1.99. The number of nitrogens with one attached hydrogen (secondary N) is 1. The Bertz CT molecular complexity index is 456. The third kappa shape index (κ3) is 3.35. The van der Waals surface area contributed by atoms with Gasteiger partial charge in [-0.2, -0.15) is 0 Å². The van der Waals surface area contributed by atoms with Crippen molar-refractivity contribution in [3.8, 4) is 0 Å². The van der Waals surface area contributed by atoms with E-state index >= 15 is 0 Å². The number of carboxylic acids is 1. The van der Waals surface area contributed by atoms with Crippen LogP contribution in [0.25, 0.3) is 0 Å². The fourth-order valence-corrected chi connectivity index (χ4v) is 3.12. The molecule has 0 amide bonds. The van der Waals surface area contributed by atoms with Crippen LogP contribution >= 0.6 is 0 Å². The highest BCUT2D eigenvalue weighted by Crippen LogP contribution is 2.29. The van der Waals surface area contributed by atoms with Gasteiger partial charge in [0, 0.05) is 12.5 Å². The number of carbonyl (C=O) groups is 1. The molecule has 2 atom stereocenters. The van der Waals surface area contributed by atoms with Crippen LogP contribution in [-0.4, -0.2) is 18.1 Å². The molecule has 3 heteroatoms. The molecule has 2 unspecified atom stereocenters. The van der Waals surface area contributed by atoms with Crippen molar-refractivity contribution in [1.29, 1.82) is 0 Å². The van der Waals surface area contributed by atoms with E-state index < -0.39 is 5.97 Å². The van der Waals surface area contributed by atoms with Gasteiger partial charge in [0.25, 0.3) is 0 Å². The fraction of sp³-hybridized carbons (Fsp3) is 0.562. The molecule has 104 valence electrons. The zero-order valence-corrected chi connectivity index (χ0v) is 11.8. The quantitative estimate of drug-likeness (QED) is 0.856. The van der Waals surface area contributed by atoms with Gasteiger partial charge in [-0.3, -0.25) is 4.79 Å². The van der Waals surface area contributed by atoms with E-state index in [9.17, 15) is 4.79 Å². The Morgan fingerprint density at radius 2 is 2.00 bits per heavy atom. The molecule has 0 radical (unpaired) electrons. The van der Waals surface area contributed by atoms with E-state index in [4.69, 9.17) is 5.11 Å². The van der Waals surface area contributed by atoms with E-state index in [0.717, 1.165) is 6.42 Å². The Labute approximate surface area is 115 Å². The number of fused-ring (bicyclic) bond motifs is 1. The van der Waals surface area contributed by atoms with Crippen LogP contribution in [0.15, 0.2) is 18.2 Å². The van der Waals surface area contributed by atoms with Crippen molar-refractivity contribution in [2.45, 2.75) is 45.1 Å². The van der Waals surface area contributed by atoms with Gasteiger partial charge >= 0.3 is 5.97 Å². The highest BCUT2D eigenvalue weighted by atomic mass is 16.4. The van der Waals surface area contributed by atoms with E-state index in [1.165, 1.54) is 36.0 Å². The van der Waals surface area contributed by atoms with Crippen LogP contribution < -0.4 is 5.32 Å². The molecular weight excluding hydrogens is 238 g/mol. The third-order valence-corrected chi connectivity index (χ3v) is 4.11. The summed E-state index contributed by atoms with van der Waals surface area (Å²) in [6.07, 6.45) is 5.10. The van der Waals surface area contributed by atoms with Crippen LogP contribution in [0.2, 0.25) is 0 Å². The standard InChI is InChI=1S/C16H23NO2/c1-11(9-15(18)19)16(17-2)14-8-7-12-5-3-4-6-13(12)10-14/h7-8,10-11,16-17H,3-6,9H2,1-2H3,(H,18,19). The number of carboxylic acid groups (broad SMARTS) is 1. The van der Waals surface area contributed by atoms with Crippen LogP contribution in [-0.2, 0) is 17.6 Å². The van der Waals surface area contributed by atoms with Gasteiger partial charge in [-0.15, -0.1) is 0 Å². The van der Waals surface area contributed by atoms with Gasteiger partial charge in [0.05, 0.1) is 0 Å². The van der Waals surface area contributed by atoms with Crippen LogP contribution in [0.3, 0.4) is 0 Å². The Hall–Kier alpha value is -1.35. The molecule has 0 aliphatic heterocycles. The zero-order chi connectivity index (χ0) is 13.8. The Balaban J connectivity index is 2.20. The molecule has 19 heavy (non-hydrogen) atoms. The lowest BCUT2D eigenvalue weighted by Crippen LogP contribution is -2.25. The van der Waals surface area contributed by atoms with E-state index in [1.807, 2.05) is 14.0 Å². The van der Waals surface area contributed by atoms with Gasteiger partial charge in [0.2, 0.25) is 0 Å². The monoisotopic (exact) mass is 261 g/mol. The Morgan fingerprint density at radius 3 is 2.63 bits per heavy atom. The van der Waals surface area contributed by atoms with Crippen LogP contribution in [0, 0.1) is 5.92 Å². The molecule has 1 aromatic carbocycles. The van der Waals surface area contributed by atoms with Gasteiger partial charge in [0.1, 0.15) is 0 Å². The van der Waals surface area contributed by atoms with Crippen molar-refractivity contribution in [1.82, 2.24) is 5.32 Å². The van der Waals surface area contributed by atoms with E-state index in [2.05, 4.69) is 23.5 Å². The van der Waals surface area contributed by atoms with Crippen LogP contribution in [0.4, 0.5) is 0 Å². The van der Waals surface area contributed by atoms with Crippen molar-refractivity contribution < 1.29 is 9.90 Å². The van der Waals surface area contributed by atoms with Crippen LogP contribution in [0.5, 0.6) is 0 Å². The van der Waals surface area contributed by atoms with Crippen molar-refractivity contribution in [2.24, 2.45) is 5.92 Å². The number of rotatable bonds is 5. The van der Waals surface area contributed by atoms with Crippen LogP contribution in [0.1, 0.15) is 48.9 Å². The first-order valence-electron chi connectivity index (χ1n) is 7.12. The summed E-state index contributed by atoms with van der Waals surface area (Å²) in [6, 6.07) is 6.77. The maximum absolute atomic E-state index is 10.9. The topological polar surface area (TPSA) is 49.3 Å². The highest BCUT2D eigenvalue weighted by Gasteiger charge is 2.21.